The lowest BCUT2D eigenvalue weighted by atomic mass is 9.89. The molecule has 2 aromatic heterocycles. The lowest BCUT2D eigenvalue weighted by molar-refractivity contribution is -0.142. The quantitative estimate of drug-likeness (QED) is 0.416. The molecule has 0 radical (unpaired) electrons. The Kier molecular flexibility index (Phi) is 8.08. The molecule has 1 aliphatic rings. The molecule has 170 valence electrons. The Morgan fingerprint density at radius 3 is 2.74 bits per heavy atom. The van der Waals surface area contributed by atoms with Gasteiger partial charge in [-0.1, -0.05) is 32.6 Å². The van der Waals surface area contributed by atoms with Gasteiger partial charge in [-0.15, -0.1) is 0 Å². The van der Waals surface area contributed by atoms with Crippen molar-refractivity contribution in [1.82, 2.24) is 19.9 Å². The van der Waals surface area contributed by atoms with E-state index in [2.05, 4.69) is 20.6 Å². The van der Waals surface area contributed by atoms with Crippen LogP contribution in [0.5, 0.6) is 0 Å². The number of aromatic amines is 1. The minimum atomic E-state index is -0.409. The smallest absolute Gasteiger partial charge is 0.321 e. The van der Waals surface area contributed by atoms with Crippen LogP contribution in [0.3, 0.4) is 0 Å². The molecule has 0 bridgehead atoms. The number of unbranched alkanes of at least 4 members (excludes halogenated alkanes) is 1. The number of rotatable bonds is 9. The molecule has 0 aliphatic heterocycles. The van der Waals surface area contributed by atoms with Crippen LogP contribution in [0, 0.1) is 5.92 Å². The Labute approximate surface area is 182 Å². The number of urea groups is 1. The van der Waals surface area contributed by atoms with E-state index in [1.807, 2.05) is 11.5 Å². The van der Waals surface area contributed by atoms with Crippen LogP contribution in [0.4, 0.5) is 10.7 Å². The number of aromatic nitrogens is 3. The van der Waals surface area contributed by atoms with E-state index >= 15 is 0 Å². The summed E-state index contributed by atoms with van der Waals surface area (Å²) in [5.74, 6) is 0.234. The number of anilines is 1. The SMILES string of the molecule is CCCCNC(=O)Nc1nc2c(cc(CC(=O)OCC)n2CC2CCCCC2)c(=O)[nH]1. The number of hydrogen-bond acceptors (Lipinski definition) is 5. The molecular formula is C22H33N5O4. The van der Waals surface area contributed by atoms with Crippen molar-refractivity contribution in [1.29, 1.82) is 0 Å². The fraction of sp³-hybridized carbons (Fsp3) is 0.636. The molecule has 3 rings (SSSR count). The molecule has 3 N–H and O–H groups in total. The van der Waals surface area contributed by atoms with Gasteiger partial charge in [-0.2, -0.15) is 4.98 Å². The van der Waals surface area contributed by atoms with Crippen molar-refractivity contribution in [2.45, 2.75) is 71.8 Å². The van der Waals surface area contributed by atoms with Crippen molar-refractivity contribution >= 4 is 29.0 Å². The summed E-state index contributed by atoms with van der Waals surface area (Å²) in [5.41, 5.74) is 0.848. The van der Waals surface area contributed by atoms with Crippen molar-refractivity contribution in [3.63, 3.8) is 0 Å². The number of hydrogen-bond donors (Lipinski definition) is 3. The van der Waals surface area contributed by atoms with Gasteiger partial charge < -0.3 is 14.6 Å². The van der Waals surface area contributed by atoms with E-state index in [-0.39, 0.29) is 23.9 Å². The standard InChI is InChI=1S/C22H33N5O4/c1-3-5-11-23-22(30)26-21-24-19-17(20(29)25-21)12-16(13-18(28)31-4-2)27(19)14-15-9-7-6-8-10-15/h12,15H,3-11,13-14H2,1-2H3,(H3,23,24,25,26,29,30). The Hall–Kier alpha value is -2.84. The van der Waals surface area contributed by atoms with Crippen molar-refractivity contribution in [2.24, 2.45) is 5.92 Å². The normalized spacial score (nSPS) is 14.5. The molecule has 2 heterocycles. The largest absolute Gasteiger partial charge is 0.466 e. The van der Waals surface area contributed by atoms with Gasteiger partial charge in [-0.3, -0.25) is 19.9 Å². The highest BCUT2D eigenvalue weighted by Gasteiger charge is 2.21. The Morgan fingerprint density at radius 2 is 2.03 bits per heavy atom. The number of H-pyrrole nitrogens is 1. The highest BCUT2D eigenvalue weighted by atomic mass is 16.5. The maximum Gasteiger partial charge on any atom is 0.321 e. The van der Waals surface area contributed by atoms with Crippen LogP contribution in [-0.4, -0.2) is 39.7 Å². The summed E-state index contributed by atoms with van der Waals surface area (Å²) in [4.78, 5) is 44.1. The van der Waals surface area contributed by atoms with Crippen LogP contribution in [-0.2, 0) is 22.5 Å². The van der Waals surface area contributed by atoms with Crippen molar-refractivity contribution in [2.75, 3.05) is 18.5 Å². The first-order valence-corrected chi connectivity index (χ1v) is 11.3. The molecule has 1 aliphatic carbocycles. The number of amides is 2. The summed E-state index contributed by atoms with van der Waals surface area (Å²) in [6.07, 6.45) is 7.79. The van der Waals surface area contributed by atoms with E-state index in [4.69, 9.17) is 4.74 Å². The van der Waals surface area contributed by atoms with Gasteiger partial charge in [-0.05, 0) is 38.2 Å². The first-order chi connectivity index (χ1) is 15.0. The van der Waals surface area contributed by atoms with Gasteiger partial charge in [-0.25, -0.2) is 4.79 Å². The minimum Gasteiger partial charge on any atom is -0.466 e. The first-order valence-electron chi connectivity index (χ1n) is 11.3. The van der Waals surface area contributed by atoms with E-state index in [9.17, 15) is 14.4 Å². The van der Waals surface area contributed by atoms with Gasteiger partial charge in [0.15, 0.2) is 0 Å². The molecule has 0 unspecified atom stereocenters. The van der Waals surface area contributed by atoms with Crippen LogP contribution in [0.15, 0.2) is 10.9 Å². The lowest BCUT2D eigenvalue weighted by Gasteiger charge is -2.23. The van der Waals surface area contributed by atoms with E-state index in [0.29, 0.717) is 42.3 Å². The molecular weight excluding hydrogens is 398 g/mol. The van der Waals surface area contributed by atoms with E-state index in [1.165, 1.54) is 19.3 Å². The summed E-state index contributed by atoms with van der Waals surface area (Å²) in [6.45, 7) is 5.36. The van der Waals surface area contributed by atoms with E-state index in [1.54, 1.807) is 13.0 Å². The zero-order chi connectivity index (χ0) is 22.2. The highest BCUT2D eigenvalue weighted by Crippen LogP contribution is 2.28. The maximum atomic E-state index is 12.7. The Balaban J connectivity index is 1.91. The van der Waals surface area contributed by atoms with E-state index < -0.39 is 6.03 Å². The molecule has 9 heteroatoms. The molecule has 0 aromatic carbocycles. The maximum absolute atomic E-state index is 12.7. The molecule has 2 amide bonds. The van der Waals surface area contributed by atoms with Crippen molar-refractivity contribution in [3.8, 4) is 0 Å². The average Bonchev–Trinajstić information content (AvgIpc) is 3.07. The second-order valence-corrected chi connectivity index (χ2v) is 8.12. The first kappa shape index (κ1) is 22.8. The minimum absolute atomic E-state index is 0.0800. The highest BCUT2D eigenvalue weighted by molar-refractivity contribution is 5.88. The van der Waals surface area contributed by atoms with E-state index in [0.717, 1.165) is 25.7 Å². The van der Waals surface area contributed by atoms with Crippen molar-refractivity contribution < 1.29 is 14.3 Å². The summed E-state index contributed by atoms with van der Waals surface area (Å²) < 4.78 is 7.07. The summed E-state index contributed by atoms with van der Waals surface area (Å²) in [5, 5.41) is 5.77. The third-order valence-corrected chi connectivity index (χ3v) is 5.69. The number of nitrogens with one attached hydrogen (secondary N) is 3. The molecule has 2 aromatic rings. The number of nitrogens with zero attached hydrogens (tertiary/aromatic N) is 2. The molecule has 0 spiro atoms. The number of esters is 1. The topological polar surface area (TPSA) is 118 Å². The van der Waals surface area contributed by atoms with Crippen molar-refractivity contribution in [3.05, 3.63) is 22.1 Å². The number of fused-ring (bicyclic) bond motifs is 1. The van der Waals surface area contributed by atoms with Gasteiger partial charge in [0, 0.05) is 18.8 Å². The molecule has 1 saturated carbocycles. The second-order valence-electron chi connectivity index (χ2n) is 8.12. The summed E-state index contributed by atoms with van der Waals surface area (Å²) in [7, 11) is 0. The van der Waals surface area contributed by atoms with Crippen LogP contribution >= 0.6 is 0 Å². The molecule has 31 heavy (non-hydrogen) atoms. The third-order valence-electron chi connectivity index (χ3n) is 5.69. The molecule has 0 atom stereocenters. The van der Waals surface area contributed by atoms with Gasteiger partial charge in [0.1, 0.15) is 5.65 Å². The van der Waals surface area contributed by atoms with Gasteiger partial charge in [0.25, 0.3) is 5.56 Å². The lowest BCUT2D eigenvalue weighted by Crippen LogP contribution is -2.31. The van der Waals surface area contributed by atoms with Crippen LogP contribution < -0.4 is 16.2 Å². The predicted octanol–water partition coefficient (Wildman–Crippen LogP) is 3.33. The van der Waals surface area contributed by atoms with Crippen LogP contribution in [0.25, 0.3) is 11.0 Å². The third kappa shape index (κ3) is 6.08. The molecule has 0 saturated heterocycles. The van der Waals surface area contributed by atoms with Gasteiger partial charge in [0.05, 0.1) is 18.4 Å². The Morgan fingerprint density at radius 1 is 1.26 bits per heavy atom. The number of carbonyl (C=O) groups is 2. The fourth-order valence-corrected chi connectivity index (χ4v) is 4.11. The molecule has 1 fully saturated rings. The number of carbonyl (C=O) groups excluding carboxylic acids is 2. The predicted molar refractivity (Wildman–Crippen MR) is 119 cm³/mol. The summed E-state index contributed by atoms with van der Waals surface area (Å²) >= 11 is 0. The second kappa shape index (κ2) is 11.0. The Bertz CT molecular complexity index is 959. The average molecular weight is 432 g/mol. The zero-order valence-electron chi connectivity index (χ0n) is 18.5. The number of ether oxygens (including phenoxy) is 1. The zero-order valence-corrected chi connectivity index (χ0v) is 18.5. The summed E-state index contributed by atoms with van der Waals surface area (Å²) in [6, 6.07) is 1.31. The van der Waals surface area contributed by atoms with Gasteiger partial charge >= 0.3 is 12.0 Å². The molecule has 9 nitrogen and oxygen atoms in total. The van der Waals surface area contributed by atoms with Crippen LogP contribution in [0.1, 0.15) is 64.5 Å². The van der Waals surface area contributed by atoms with Gasteiger partial charge in [0.2, 0.25) is 5.95 Å². The monoisotopic (exact) mass is 431 g/mol. The fourth-order valence-electron chi connectivity index (χ4n) is 4.11. The van der Waals surface area contributed by atoms with Crippen LogP contribution in [0.2, 0.25) is 0 Å².